The zero-order valence-corrected chi connectivity index (χ0v) is 11.6. The van der Waals surface area contributed by atoms with Gasteiger partial charge in [-0.25, -0.2) is 4.79 Å². The maximum Gasteiger partial charge on any atom is 0.337 e. The number of nitrogen functional groups attached to an aromatic ring is 1. The van der Waals surface area contributed by atoms with E-state index in [4.69, 9.17) is 40.5 Å². The lowest BCUT2D eigenvalue weighted by Gasteiger charge is -2.09. The van der Waals surface area contributed by atoms with Crippen LogP contribution in [-0.2, 0) is 0 Å². The highest BCUT2D eigenvalue weighted by molar-refractivity contribution is 6.45. The summed E-state index contributed by atoms with van der Waals surface area (Å²) in [7, 11) is 0. The fourth-order valence-corrected chi connectivity index (χ4v) is 2.28. The number of carboxylic acids is 1. The van der Waals surface area contributed by atoms with Gasteiger partial charge in [0.05, 0.1) is 33.2 Å². The van der Waals surface area contributed by atoms with Gasteiger partial charge >= 0.3 is 5.97 Å². The predicted molar refractivity (Wildman–Crippen MR) is 76.1 cm³/mol. The highest BCUT2D eigenvalue weighted by Gasteiger charge is 2.18. The molecule has 0 fully saturated rings. The summed E-state index contributed by atoms with van der Waals surface area (Å²) < 4.78 is 0. The maximum atomic E-state index is 11.2. The number of hydrogen-bond acceptors (Lipinski definition) is 3. The highest BCUT2D eigenvalue weighted by atomic mass is 35.5. The number of carboxylic acid groups (broad SMARTS) is 1. The van der Waals surface area contributed by atoms with Crippen LogP contribution in [0.5, 0.6) is 0 Å². The van der Waals surface area contributed by atoms with Crippen LogP contribution in [0, 0.1) is 0 Å². The van der Waals surface area contributed by atoms with E-state index in [1.807, 2.05) is 0 Å². The number of hydrogen-bond donors (Lipinski definition) is 2. The number of anilines is 1. The number of nitrogens with zero attached hydrogens (tertiary/aromatic N) is 1. The van der Waals surface area contributed by atoms with Gasteiger partial charge in [-0.3, -0.25) is 4.98 Å². The van der Waals surface area contributed by atoms with Crippen LogP contribution in [0.1, 0.15) is 10.4 Å². The van der Waals surface area contributed by atoms with E-state index >= 15 is 0 Å². The molecule has 98 valence electrons. The third-order valence-electron chi connectivity index (χ3n) is 2.39. The van der Waals surface area contributed by atoms with Crippen molar-refractivity contribution in [3.63, 3.8) is 0 Å². The molecule has 0 aliphatic rings. The minimum absolute atomic E-state index is 0.0692. The summed E-state index contributed by atoms with van der Waals surface area (Å²) in [6.07, 6.45) is 1.34. The van der Waals surface area contributed by atoms with Gasteiger partial charge in [-0.1, -0.05) is 34.8 Å². The van der Waals surface area contributed by atoms with Crippen LogP contribution in [0.25, 0.3) is 11.3 Å². The van der Waals surface area contributed by atoms with Crippen molar-refractivity contribution < 1.29 is 9.90 Å². The zero-order valence-electron chi connectivity index (χ0n) is 9.32. The van der Waals surface area contributed by atoms with Gasteiger partial charge in [-0.15, -0.1) is 0 Å². The molecular weight excluding hydrogens is 311 g/mol. The van der Waals surface area contributed by atoms with Crippen LogP contribution in [-0.4, -0.2) is 16.1 Å². The first-order chi connectivity index (χ1) is 8.90. The molecule has 1 aromatic carbocycles. The van der Waals surface area contributed by atoms with E-state index in [1.54, 1.807) is 0 Å². The van der Waals surface area contributed by atoms with Crippen LogP contribution in [0.15, 0.2) is 24.4 Å². The molecule has 1 aromatic heterocycles. The summed E-state index contributed by atoms with van der Waals surface area (Å²) in [6, 6.07) is 4.27. The summed E-state index contributed by atoms with van der Waals surface area (Å²) in [5.41, 5.74) is 6.21. The molecule has 19 heavy (non-hydrogen) atoms. The fourth-order valence-electron chi connectivity index (χ4n) is 1.59. The molecule has 0 atom stereocenters. The number of rotatable bonds is 2. The maximum absolute atomic E-state index is 11.2. The van der Waals surface area contributed by atoms with Crippen molar-refractivity contribution in [3.05, 3.63) is 45.0 Å². The van der Waals surface area contributed by atoms with Crippen LogP contribution >= 0.6 is 34.8 Å². The average molecular weight is 318 g/mol. The normalized spacial score (nSPS) is 10.5. The first-order valence-corrected chi connectivity index (χ1v) is 6.17. The van der Waals surface area contributed by atoms with Crippen molar-refractivity contribution in [2.24, 2.45) is 0 Å². The SMILES string of the molecule is Nc1cnc(-c2cc(Cl)cc(Cl)c2Cl)c(C(=O)O)c1. The van der Waals surface area contributed by atoms with Gasteiger partial charge in [-0.05, 0) is 18.2 Å². The number of pyridine rings is 1. The van der Waals surface area contributed by atoms with E-state index in [2.05, 4.69) is 4.98 Å². The molecule has 2 rings (SSSR count). The Kier molecular flexibility index (Phi) is 3.85. The van der Waals surface area contributed by atoms with Crippen molar-refractivity contribution in [2.75, 3.05) is 5.73 Å². The average Bonchev–Trinajstić information content (AvgIpc) is 2.34. The van der Waals surface area contributed by atoms with Crippen molar-refractivity contribution in [2.45, 2.75) is 0 Å². The van der Waals surface area contributed by atoms with E-state index in [-0.39, 0.29) is 27.0 Å². The van der Waals surface area contributed by atoms with Gasteiger partial charge in [0.1, 0.15) is 0 Å². The Morgan fingerprint density at radius 1 is 1.21 bits per heavy atom. The number of nitrogens with two attached hydrogens (primary N) is 1. The van der Waals surface area contributed by atoms with Gasteiger partial charge < -0.3 is 10.8 Å². The van der Waals surface area contributed by atoms with Gasteiger partial charge in [0.15, 0.2) is 0 Å². The predicted octanol–water partition coefficient (Wildman–Crippen LogP) is 3.99. The molecule has 3 N–H and O–H groups in total. The Labute approximate surface area is 123 Å². The van der Waals surface area contributed by atoms with Gasteiger partial charge in [0.25, 0.3) is 0 Å². The van der Waals surface area contributed by atoms with Crippen LogP contribution in [0.4, 0.5) is 5.69 Å². The quantitative estimate of drug-likeness (QED) is 0.821. The number of halogens is 3. The fraction of sp³-hybridized carbons (Fsp3) is 0. The zero-order chi connectivity index (χ0) is 14.2. The van der Waals surface area contributed by atoms with Crippen molar-refractivity contribution in [1.82, 2.24) is 4.98 Å². The van der Waals surface area contributed by atoms with E-state index in [0.717, 1.165) is 0 Å². The number of carbonyl (C=O) groups is 1. The van der Waals surface area contributed by atoms with Gasteiger partial charge in [0.2, 0.25) is 0 Å². The second kappa shape index (κ2) is 5.25. The molecule has 0 spiro atoms. The summed E-state index contributed by atoms with van der Waals surface area (Å²) >= 11 is 17.9. The summed E-state index contributed by atoms with van der Waals surface area (Å²) in [5.74, 6) is -1.16. The number of benzene rings is 1. The second-order valence-electron chi connectivity index (χ2n) is 3.72. The largest absolute Gasteiger partial charge is 0.478 e. The summed E-state index contributed by atoms with van der Waals surface area (Å²) in [6.45, 7) is 0. The van der Waals surface area contributed by atoms with Gasteiger partial charge in [-0.2, -0.15) is 0 Å². The first kappa shape index (κ1) is 13.9. The lowest BCUT2D eigenvalue weighted by Crippen LogP contribution is -2.03. The summed E-state index contributed by atoms with van der Waals surface area (Å²) in [5, 5.41) is 9.92. The Balaban J connectivity index is 2.75. The molecule has 1 heterocycles. The molecule has 2 aromatic rings. The first-order valence-electron chi connectivity index (χ1n) is 5.04. The lowest BCUT2D eigenvalue weighted by molar-refractivity contribution is 0.0697. The smallest absolute Gasteiger partial charge is 0.337 e. The molecule has 0 radical (unpaired) electrons. The molecule has 7 heteroatoms. The highest BCUT2D eigenvalue weighted by Crippen LogP contribution is 2.37. The van der Waals surface area contributed by atoms with E-state index in [1.165, 1.54) is 24.4 Å². The third kappa shape index (κ3) is 2.76. The van der Waals surface area contributed by atoms with Crippen molar-refractivity contribution in [3.8, 4) is 11.3 Å². The van der Waals surface area contributed by atoms with Crippen LogP contribution in [0.2, 0.25) is 15.1 Å². The summed E-state index contributed by atoms with van der Waals surface area (Å²) in [4.78, 5) is 15.2. The molecule has 0 aliphatic heterocycles. The van der Waals surface area contributed by atoms with E-state index < -0.39 is 5.97 Å². The number of aromatic carboxylic acids is 1. The topological polar surface area (TPSA) is 76.2 Å². The molecular formula is C12H7Cl3N2O2. The molecule has 4 nitrogen and oxygen atoms in total. The van der Waals surface area contributed by atoms with Gasteiger partial charge in [0, 0.05) is 10.6 Å². The minimum Gasteiger partial charge on any atom is -0.478 e. The van der Waals surface area contributed by atoms with Crippen molar-refractivity contribution >= 4 is 46.5 Å². The number of aromatic nitrogens is 1. The molecule has 0 bridgehead atoms. The van der Waals surface area contributed by atoms with E-state index in [0.29, 0.717) is 10.6 Å². The molecule has 0 saturated carbocycles. The Hall–Kier alpha value is -1.49. The standard InChI is InChI=1S/C12H7Cl3N2O2/c13-5-1-7(10(15)9(14)2-5)11-8(12(18)19)3-6(16)4-17-11/h1-4H,16H2,(H,18,19). The third-order valence-corrected chi connectivity index (χ3v) is 3.41. The Morgan fingerprint density at radius 3 is 2.53 bits per heavy atom. The van der Waals surface area contributed by atoms with Crippen LogP contribution in [0.3, 0.4) is 0 Å². The molecule has 0 saturated heterocycles. The Morgan fingerprint density at radius 2 is 1.89 bits per heavy atom. The Bertz CT molecular complexity index is 674. The monoisotopic (exact) mass is 316 g/mol. The van der Waals surface area contributed by atoms with Crippen LogP contribution < -0.4 is 5.73 Å². The molecule has 0 aliphatic carbocycles. The second-order valence-corrected chi connectivity index (χ2v) is 4.94. The van der Waals surface area contributed by atoms with E-state index in [9.17, 15) is 9.90 Å². The molecule has 0 amide bonds. The minimum atomic E-state index is -1.16. The van der Waals surface area contributed by atoms with Crippen molar-refractivity contribution in [1.29, 1.82) is 0 Å². The lowest BCUT2D eigenvalue weighted by atomic mass is 10.1. The molecule has 0 unspecified atom stereocenters.